The minimum Gasteiger partial charge on any atom is -0.314 e. The summed E-state index contributed by atoms with van der Waals surface area (Å²) < 4.78 is 52.7. The van der Waals surface area contributed by atoms with Crippen molar-refractivity contribution in [1.29, 1.82) is 0 Å². The fraction of sp³-hybridized carbons (Fsp3) is 0.538. The molecule has 1 atom stereocenters. The molecule has 1 aliphatic rings. The van der Waals surface area contributed by atoms with Crippen molar-refractivity contribution in [1.82, 2.24) is 10.2 Å². The van der Waals surface area contributed by atoms with Crippen LogP contribution in [0.5, 0.6) is 0 Å². The molecule has 0 amide bonds. The van der Waals surface area contributed by atoms with Crippen LogP contribution in [0.1, 0.15) is 18.0 Å². The molecule has 0 unspecified atom stereocenters. The smallest absolute Gasteiger partial charge is 0.194 e. The van der Waals surface area contributed by atoms with Gasteiger partial charge in [0, 0.05) is 37.8 Å². The molecule has 0 radical (unpaired) electrons. The Morgan fingerprint density at radius 2 is 1.75 bits per heavy atom. The van der Waals surface area contributed by atoms with E-state index in [4.69, 9.17) is 0 Å². The van der Waals surface area contributed by atoms with Crippen molar-refractivity contribution < 1.29 is 17.6 Å². The van der Waals surface area contributed by atoms with Gasteiger partial charge in [0.1, 0.15) is 0 Å². The first-order chi connectivity index (χ1) is 9.15. The van der Waals surface area contributed by atoms with Gasteiger partial charge >= 0.3 is 0 Å². The average molecular weight is 313 g/mol. The van der Waals surface area contributed by atoms with Crippen molar-refractivity contribution in [2.24, 2.45) is 0 Å². The number of hydrogen-bond donors (Lipinski definition) is 1. The zero-order valence-electron chi connectivity index (χ0n) is 10.8. The Morgan fingerprint density at radius 3 is 2.35 bits per heavy atom. The van der Waals surface area contributed by atoms with E-state index >= 15 is 0 Å². The van der Waals surface area contributed by atoms with Crippen molar-refractivity contribution in [2.75, 3.05) is 32.9 Å². The molecule has 1 aromatic rings. The Labute approximate surface area is 121 Å². The van der Waals surface area contributed by atoms with Gasteiger partial charge in [-0.05, 0) is 12.5 Å². The fourth-order valence-corrected chi connectivity index (χ4v) is 2.43. The van der Waals surface area contributed by atoms with Crippen molar-refractivity contribution in [2.45, 2.75) is 12.5 Å². The number of piperazine rings is 1. The van der Waals surface area contributed by atoms with Gasteiger partial charge in [-0.3, -0.25) is 9.29 Å². The highest BCUT2D eigenvalue weighted by Crippen LogP contribution is 2.29. The average Bonchev–Trinajstić information content (AvgIpc) is 2.44. The van der Waals surface area contributed by atoms with E-state index in [1.54, 1.807) is 0 Å². The van der Waals surface area contributed by atoms with Gasteiger partial charge in [0.2, 0.25) is 0 Å². The maximum Gasteiger partial charge on any atom is 0.194 e. The van der Waals surface area contributed by atoms with Crippen LogP contribution in [0.3, 0.4) is 0 Å². The van der Waals surface area contributed by atoms with Crippen LogP contribution in [0.2, 0.25) is 0 Å². The molecule has 1 heterocycles. The first-order valence-corrected chi connectivity index (χ1v) is 6.29. The lowest BCUT2D eigenvalue weighted by Crippen LogP contribution is -2.45. The van der Waals surface area contributed by atoms with Gasteiger partial charge in [0.15, 0.2) is 17.5 Å². The van der Waals surface area contributed by atoms with Crippen LogP contribution in [-0.4, -0.2) is 37.8 Å². The standard InChI is InChI=1S/C13H16F4N2.ClH/c14-4-3-11(19-7-5-18-6-8-19)9-1-2-10(15)13(17)12(9)16;/h1-2,11,18H,3-8H2;1H/t11-;/m0./s1. The molecule has 2 nitrogen and oxygen atoms in total. The molecule has 1 fully saturated rings. The first-order valence-electron chi connectivity index (χ1n) is 6.29. The van der Waals surface area contributed by atoms with E-state index in [1.165, 1.54) is 6.07 Å². The highest BCUT2D eigenvalue weighted by Gasteiger charge is 2.26. The van der Waals surface area contributed by atoms with Crippen molar-refractivity contribution >= 4 is 12.4 Å². The number of rotatable bonds is 4. The van der Waals surface area contributed by atoms with Gasteiger partial charge in [-0.15, -0.1) is 12.4 Å². The highest BCUT2D eigenvalue weighted by molar-refractivity contribution is 5.85. The summed E-state index contributed by atoms with van der Waals surface area (Å²) in [6.45, 7) is 2.06. The zero-order valence-corrected chi connectivity index (χ0v) is 11.7. The lowest BCUT2D eigenvalue weighted by Gasteiger charge is -2.35. The molecule has 1 N–H and O–H groups in total. The van der Waals surface area contributed by atoms with Crippen LogP contribution in [0.25, 0.3) is 0 Å². The number of nitrogens with zero attached hydrogens (tertiary/aromatic N) is 1. The van der Waals surface area contributed by atoms with Crippen LogP contribution < -0.4 is 5.32 Å². The predicted octanol–water partition coefficient (Wildman–Crippen LogP) is 2.83. The Morgan fingerprint density at radius 1 is 1.10 bits per heavy atom. The number of hydrogen-bond acceptors (Lipinski definition) is 2. The SMILES string of the molecule is Cl.FCC[C@@H](c1ccc(F)c(F)c1F)N1CCNCC1. The molecular weight excluding hydrogens is 296 g/mol. The summed E-state index contributed by atoms with van der Waals surface area (Å²) in [6.07, 6.45) is 0.0714. The Balaban J connectivity index is 0.00000200. The molecule has 1 saturated heterocycles. The Bertz CT molecular complexity index is 439. The van der Waals surface area contributed by atoms with E-state index in [1.807, 2.05) is 4.90 Å². The summed E-state index contributed by atoms with van der Waals surface area (Å²) in [4.78, 5) is 1.89. The number of halogens is 5. The number of benzene rings is 1. The molecule has 1 aromatic carbocycles. The van der Waals surface area contributed by atoms with E-state index in [0.717, 1.165) is 6.07 Å². The summed E-state index contributed by atoms with van der Waals surface area (Å²) in [5.74, 6) is -3.92. The van der Waals surface area contributed by atoms with Gasteiger partial charge in [0.25, 0.3) is 0 Å². The first kappa shape index (κ1) is 17.2. The number of nitrogens with one attached hydrogen (secondary N) is 1. The minimum absolute atomic E-state index is 0. The summed E-state index contributed by atoms with van der Waals surface area (Å²) in [5, 5.41) is 3.14. The second-order valence-corrected chi connectivity index (χ2v) is 4.54. The normalized spacial score (nSPS) is 17.6. The third-order valence-electron chi connectivity index (χ3n) is 3.40. The van der Waals surface area contributed by atoms with Gasteiger partial charge < -0.3 is 5.32 Å². The van der Waals surface area contributed by atoms with Gasteiger partial charge in [0.05, 0.1) is 6.67 Å². The van der Waals surface area contributed by atoms with Gasteiger partial charge in [-0.2, -0.15) is 0 Å². The summed E-state index contributed by atoms with van der Waals surface area (Å²) in [6, 6.07) is 1.54. The van der Waals surface area contributed by atoms with Gasteiger partial charge in [-0.1, -0.05) is 6.07 Å². The predicted molar refractivity (Wildman–Crippen MR) is 71.3 cm³/mol. The van der Waals surface area contributed by atoms with Crippen LogP contribution in [0.15, 0.2) is 12.1 Å². The molecule has 20 heavy (non-hydrogen) atoms. The molecule has 7 heteroatoms. The monoisotopic (exact) mass is 312 g/mol. The van der Waals surface area contributed by atoms with Gasteiger partial charge in [-0.25, -0.2) is 13.2 Å². The molecule has 0 aliphatic carbocycles. The largest absolute Gasteiger partial charge is 0.314 e. The molecule has 1 aliphatic heterocycles. The lowest BCUT2D eigenvalue weighted by molar-refractivity contribution is 0.153. The second-order valence-electron chi connectivity index (χ2n) is 4.54. The summed E-state index contributed by atoms with van der Waals surface area (Å²) >= 11 is 0. The summed E-state index contributed by atoms with van der Waals surface area (Å²) in [5.41, 5.74) is 0.0263. The van der Waals surface area contributed by atoms with E-state index < -0.39 is 30.2 Å². The maximum atomic E-state index is 13.8. The Hall–Kier alpha value is -0.850. The van der Waals surface area contributed by atoms with Crippen LogP contribution in [0.4, 0.5) is 17.6 Å². The third kappa shape index (κ3) is 3.62. The highest BCUT2D eigenvalue weighted by atomic mass is 35.5. The van der Waals surface area contributed by atoms with Crippen molar-refractivity contribution in [3.05, 3.63) is 35.1 Å². The third-order valence-corrected chi connectivity index (χ3v) is 3.40. The van der Waals surface area contributed by atoms with Crippen LogP contribution in [0, 0.1) is 17.5 Å². The molecule has 0 bridgehead atoms. The summed E-state index contributed by atoms with van der Waals surface area (Å²) in [7, 11) is 0. The second kappa shape index (κ2) is 7.81. The molecule has 0 spiro atoms. The fourth-order valence-electron chi connectivity index (χ4n) is 2.43. The van der Waals surface area contributed by atoms with E-state index in [2.05, 4.69) is 5.32 Å². The topological polar surface area (TPSA) is 15.3 Å². The molecule has 0 saturated carbocycles. The Kier molecular flexibility index (Phi) is 6.71. The molecule has 114 valence electrons. The van der Waals surface area contributed by atoms with E-state index in [0.29, 0.717) is 26.2 Å². The molecular formula is C13H17ClF4N2. The van der Waals surface area contributed by atoms with E-state index in [9.17, 15) is 17.6 Å². The van der Waals surface area contributed by atoms with Crippen molar-refractivity contribution in [3.8, 4) is 0 Å². The maximum absolute atomic E-state index is 13.8. The van der Waals surface area contributed by atoms with Crippen molar-refractivity contribution in [3.63, 3.8) is 0 Å². The number of alkyl halides is 1. The molecule has 0 aromatic heterocycles. The quantitative estimate of drug-likeness (QED) is 0.679. The van der Waals surface area contributed by atoms with Crippen LogP contribution >= 0.6 is 12.4 Å². The zero-order chi connectivity index (χ0) is 13.8. The lowest BCUT2D eigenvalue weighted by atomic mass is 10.0. The van der Waals surface area contributed by atoms with E-state index in [-0.39, 0.29) is 24.4 Å². The minimum atomic E-state index is -1.49. The van der Waals surface area contributed by atoms with Crippen LogP contribution in [-0.2, 0) is 0 Å². The molecule has 2 rings (SSSR count).